The molecule has 0 aromatic carbocycles. The van der Waals surface area contributed by atoms with Crippen LogP contribution in [0.25, 0.3) is 0 Å². The van der Waals surface area contributed by atoms with Gasteiger partial charge in [-0.3, -0.25) is 0 Å². The molecule has 0 fully saturated rings. The summed E-state index contributed by atoms with van der Waals surface area (Å²) in [6.45, 7) is 13.4. The van der Waals surface area contributed by atoms with E-state index in [1.54, 1.807) is 0 Å². The fourth-order valence-electron chi connectivity index (χ4n) is 1.36. The fourth-order valence-corrected chi connectivity index (χ4v) is 2.40. The van der Waals surface area contributed by atoms with Crippen molar-refractivity contribution < 1.29 is 0 Å². The average molecular weight is 225 g/mol. The van der Waals surface area contributed by atoms with E-state index in [2.05, 4.69) is 52.1 Å². The number of thiophene rings is 1. The maximum absolute atomic E-state index is 3.48. The molecule has 0 bridgehead atoms. The predicted octanol–water partition coefficient (Wildman–Crippen LogP) is 3.79. The van der Waals surface area contributed by atoms with E-state index in [1.807, 2.05) is 11.3 Å². The van der Waals surface area contributed by atoms with Gasteiger partial charge in [-0.2, -0.15) is 0 Å². The third kappa shape index (κ3) is 4.35. The van der Waals surface area contributed by atoms with E-state index in [9.17, 15) is 0 Å². The van der Waals surface area contributed by atoms with Gasteiger partial charge in [0.2, 0.25) is 0 Å². The monoisotopic (exact) mass is 225 g/mol. The van der Waals surface area contributed by atoms with Crippen molar-refractivity contribution in [2.24, 2.45) is 5.92 Å². The average Bonchev–Trinajstić information content (AvgIpc) is 2.51. The molecular formula is C13H23NS. The van der Waals surface area contributed by atoms with Crippen LogP contribution in [0.2, 0.25) is 0 Å². The molecule has 0 aliphatic rings. The Labute approximate surface area is 97.9 Å². The summed E-state index contributed by atoms with van der Waals surface area (Å²) in [4.78, 5) is 2.92. The molecule has 0 aliphatic heterocycles. The predicted molar refractivity (Wildman–Crippen MR) is 69.6 cm³/mol. The van der Waals surface area contributed by atoms with Crippen LogP contribution in [-0.4, -0.2) is 6.54 Å². The van der Waals surface area contributed by atoms with Crippen LogP contribution in [0.4, 0.5) is 0 Å². The summed E-state index contributed by atoms with van der Waals surface area (Å²) in [7, 11) is 0. The first-order valence-electron chi connectivity index (χ1n) is 5.69. The van der Waals surface area contributed by atoms with E-state index in [0.29, 0.717) is 5.41 Å². The summed E-state index contributed by atoms with van der Waals surface area (Å²) in [5.41, 5.74) is 0.293. The Morgan fingerprint density at radius 3 is 2.40 bits per heavy atom. The Kier molecular flexibility index (Phi) is 4.35. The molecule has 15 heavy (non-hydrogen) atoms. The van der Waals surface area contributed by atoms with Gasteiger partial charge in [-0.1, -0.05) is 34.6 Å². The second kappa shape index (κ2) is 5.13. The first-order valence-corrected chi connectivity index (χ1v) is 6.51. The Bertz CT molecular complexity index is 294. The maximum Gasteiger partial charge on any atom is 0.0299 e. The van der Waals surface area contributed by atoms with Crippen molar-refractivity contribution in [2.75, 3.05) is 6.54 Å². The lowest BCUT2D eigenvalue weighted by Crippen LogP contribution is -2.18. The van der Waals surface area contributed by atoms with Gasteiger partial charge in [0, 0.05) is 16.3 Å². The molecule has 0 saturated heterocycles. The molecule has 1 heterocycles. The highest BCUT2D eigenvalue weighted by Gasteiger charge is 2.15. The summed E-state index contributed by atoms with van der Waals surface area (Å²) >= 11 is 1.93. The highest BCUT2D eigenvalue weighted by molar-refractivity contribution is 7.12. The standard InChI is InChI=1S/C13H23NS/c1-10(2)8-14-9-11-6-7-12(15-11)13(3,4)5/h6-7,10,14H,8-9H2,1-5H3. The molecule has 1 nitrogen and oxygen atoms in total. The second-order valence-corrected chi connectivity index (χ2v) is 6.71. The molecule has 1 N–H and O–H groups in total. The molecule has 2 heteroatoms. The van der Waals surface area contributed by atoms with Crippen molar-refractivity contribution in [1.29, 1.82) is 0 Å². The normalized spacial score (nSPS) is 12.4. The molecule has 0 amide bonds. The molecule has 0 saturated carbocycles. The molecule has 0 unspecified atom stereocenters. The lowest BCUT2D eigenvalue weighted by atomic mass is 9.95. The minimum Gasteiger partial charge on any atom is -0.312 e. The van der Waals surface area contributed by atoms with Gasteiger partial charge in [-0.05, 0) is 30.0 Å². The first kappa shape index (κ1) is 12.7. The summed E-state index contributed by atoms with van der Waals surface area (Å²) < 4.78 is 0. The van der Waals surface area contributed by atoms with E-state index in [-0.39, 0.29) is 0 Å². The molecule has 0 spiro atoms. The smallest absolute Gasteiger partial charge is 0.0299 e. The Morgan fingerprint density at radius 2 is 1.93 bits per heavy atom. The van der Waals surface area contributed by atoms with Gasteiger partial charge in [-0.15, -0.1) is 11.3 Å². The topological polar surface area (TPSA) is 12.0 Å². The van der Waals surface area contributed by atoms with Crippen LogP contribution in [-0.2, 0) is 12.0 Å². The van der Waals surface area contributed by atoms with Crippen LogP contribution in [0.15, 0.2) is 12.1 Å². The maximum atomic E-state index is 3.48. The van der Waals surface area contributed by atoms with Gasteiger partial charge in [0.1, 0.15) is 0 Å². The van der Waals surface area contributed by atoms with E-state index in [1.165, 1.54) is 9.75 Å². The van der Waals surface area contributed by atoms with Crippen LogP contribution < -0.4 is 5.32 Å². The molecule has 1 rings (SSSR count). The van der Waals surface area contributed by atoms with Gasteiger partial charge in [0.15, 0.2) is 0 Å². The van der Waals surface area contributed by atoms with Gasteiger partial charge in [0.25, 0.3) is 0 Å². The van der Waals surface area contributed by atoms with Gasteiger partial charge in [-0.25, -0.2) is 0 Å². The number of nitrogens with one attached hydrogen (secondary N) is 1. The number of rotatable bonds is 4. The van der Waals surface area contributed by atoms with Crippen LogP contribution in [0, 0.1) is 5.92 Å². The zero-order valence-electron chi connectivity index (χ0n) is 10.6. The first-order chi connectivity index (χ1) is 6.89. The summed E-state index contributed by atoms with van der Waals surface area (Å²) in [5.74, 6) is 0.729. The van der Waals surface area contributed by atoms with Crippen molar-refractivity contribution in [1.82, 2.24) is 5.32 Å². The fraction of sp³-hybridized carbons (Fsp3) is 0.692. The van der Waals surface area contributed by atoms with E-state index in [0.717, 1.165) is 19.0 Å². The van der Waals surface area contributed by atoms with Crippen molar-refractivity contribution in [3.8, 4) is 0 Å². The Morgan fingerprint density at radius 1 is 1.27 bits per heavy atom. The van der Waals surface area contributed by atoms with E-state index >= 15 is 0 Å². The zero-order valence-corrected chi connectivity index (χ0v) is 11.4. The summed E-state index contributed by atoms with van der Waals surface area (Å²) in [5, 5.41) is 3.48. The van der Waals surface area contributed by atoms with E-state index in [4.69, 9.17) is 0 Å². The molecule has 0 aliphatic carbocycles. The van der Waals surface area contributed by atoms with E-state index < -0.39 is 0 Å². The highest BCUT2D eigenvalue weighted by atomic mass is 32.1. The summed E-state index contributed by atoms with van der Waals surface area (Å²) in [6.07, 6.45) is 0. The molecule has 1 aromatic heterocycles. The third-order valence-corrected chi connectivity index (χ3v) is 3.76. The molecule has 0 radical (unpaired) electrons. The van der Waals surface area contributed by atoms with Gasteiger partial charge < -0.3 is 5.32 Å². The molecular weight excluding hydrogens is 202 g/mol. The minimum atomic E-state index is 0.293. The van der Waals surface area contributed by atoms with Gasteiger partial charge in [0.05, 0.1) is 0 Å². The Balaban J connectivity index is 2.47. The SMILES string of the molecule is CC(C)CNCc1ccc(C(C)(C)C)s1. The van der Waals surface area contributed by atoms with Crippen LogP contribution >= 0.6 is 11.3 Å². The number of hydrogen-bond acceptors (Lipinski definition) is 2. The molecule has 1 aromatic rings. The molecule has 0 atom stereocenters. The highest BCUT2D eigenvalue weighted by Crippen LogP contribution is 2.29. The number of hydrogen-bond donors (Lipinski definition) is 1. The van der Waals surface area contributed by atoms with Crippen molar-refractivity contribution in [2.45, 2.75) is 46.6 Å². The lowest BCUT2D eigenvalue weighted by molar-refractivity contribution is 0.555. The quantitative estimate of drug-likeness (QED) is 0.822. The minimum absolute atomic E-state index is 0.293. The third-order valence-electron chi connectivity index (χ3n) is 2.25. The van der Waals surface area contributed by atoms with Crippen LogP contribution in [0.3, 0.4) is 0 Å². The molecule has 86 valence electrons. The van der Waals surface area contributed by atoms with Crippen molar-refractivity contribution in [3.05, 3.63) is 21.9 Å². The second-order valence-electron chi connectivity index (χ2n) is 5.54. The largest absolute Gasteiger partial charge is 0.312 e. The van der Waals surface area contributed by atoms with Crippen LogP contribution in [0.1, 0.15) is 44.4 Å². The van der Waals surface area contributed by atoms with Crippen molar-refractivity contribution >= 4 is 11.3 Å². The summed E-state index contributed by atoms with van der Waals surface area (Å²) in [6, 6.07) is 4.51. The Hall–Kier alpha value is -0.340. The lowest BCUT2D eigenvalue weighted by Gasteiger charge is -2.15. The zero-order chi connectivity index (χ0) is 11.5. The van der Waals surface area contributed by atoms with Crippen molar-refractivity contribution in [3.63, 3.8) is 0 Å². The van der Waals surface area contributed by atoms with Crippen LogP contribution in [0.5, 0.6) is 0 Å². The van der Waals surface area contributed by atoms with Gasteiger partial charge >= 0.3 is 0 Å².